The number of nitrogens with zero attached hydrogens (tertiary/aromatic N) is 1. The lowest BCUT2D eigenvalue weighted by atomic mass is 10.2. The van der Waals surface area contributed by atoms with Crippen LogP contribution in [0.1, 0.15) is 10.4 Å². The summed E-state index contributed by atoms with van der Waals surface area (Å²) >= 11 is 8.31. The Labute approximate surface area is 196 Å². The molecule has 0 heterocycles. The molecule has 13 heteroatoms. The average molecular weight is 527 g/mol. The standard InChI is InChI=1S/C19H19BrN4O7S/c1-29-8-9-30-16-7-2-12(20)10-15(16)18(26)21-19(32)23-22-17(25)11-31-14-5-3-13(4-6-14)24(27)28/h2-7,10H,8-9,11H2,1H3,(H,22,25)(H2,21,23,26,32). The van der Waals surface area contributed by atoms with E-state index in [9.17, 15) is 19.7 Å². The molecule has 11 nitrogen and oxygen atoms in total. The molecule has 0 unspecified atom stereocenters. The number of nitro benzene ring substituents is 1. The highest BCUT2D eigenvalue weighted by molar-refractivity contribution is 9.10. The second kappa shape index (κ2) is 12.5. The molecule has 0 bridgehead atoms. The maximum Gasteiger partial charge on any atom is 0.276 e. The van der Waals surface area contributed by atoms with Crippen LogP contribution in [0.15, 0.2) is 46.9 Å². The maximum atomic E-state index is 12.5. The Balaban J connectivity index is 1.82. The fourth-order valence-electron chi connectivity index (χ4n) is 2.22. The number of hydrazine groups is 1. The summed E-state index contributed by atoms with van der Waals surface area (Å²) in [6, 6.07) is 10.2. The Morgan fingerprint density at radius 2 is 1.81 bits per heavy atom. The molecule has 0 aliphatic rings. The topological polar surface area (TPSA) is 141 Å². The van der Waals surface area contributed by atoms with E-state index in [0.29, 0.717) is 16.8 Å². The Hall–Kier alpha value is -3.29. The van der Waals surface area contributed by atoms with E-state index in [2.05, 4.69) is 32.1 Å². The van der Waals surface area contributed by atoms with E-state index in [1.165, 1.54) is 31.4 Å². The SMILES string of the molecule is COCCOc1ccc(Br)cc1C(=O)NC(=S)NNC(=O)COc1ccc([N+](=O)[O-])cc1. The highest BCUT2D eigenvalue weighted by Gasteiger charge is 2.15. The largest absolute Gasteiger partial charge is 0.490 e. The van der Waals surface area contributed by atoms with Gasteiger partial charge in [-0.3, -0.25) is 35.9 Å². The molecule has 0 saturated heterocycles. The summed E-state index contributed by atoms with van der Waals surface area (Å²) in [4.78, 5) is 34.5. The predicted octanol–water partition coefficient (Wildman–Crippen LogP) is 2.10. The van der Waals surface area contributed by atoms with Crippen LogP contribution in [-0.4, -0.2) is 48.8 Å². The zero-order valence-electron chi connectivity index (χ0n) is 16.8. The molecular formula is C19H19BrN4O7S. The van der Waals surface area contributed by atoms with Gasteiger partial charge in [0, 0.05) is 23.7 Å². The smallest absolute Gasteiger partial charge is 0.276 e. The molecular weight excluding hydrogens is 508 g/mol. The van der Waals surface area contributed by atoms with E-state index in [1.807, 2.05) is 0 Å². The summed E-state index contributed by atoms with van der Waals surface area (Å²) in [6.07, 6.45) is 0. The number of benzene rings is 2. The van der Waals surface area contributed by atoms with Crippen molar-refractivity contribution in [1.29, 1.82) is 0 Å². The van der Waals surface area contributed by atoms with Gasteiger partial charge in [-0.15, -0.1) is 0 Å². The molecule has 0 atom stereocenters. The van der Waals surface area contributed by atoms with Crippen LogP contribution in [0.2, 0.25) is 0 Å². The number of carbonyl (C=O) groups excluding carboxylic acids is 2. The zero-order valence-corrected chi connectivity index (χ0v) is 19.2. The molecule has 2 aromatic carbocycles. The molecule has 0 aromatic heterocycles. The monoisotopic (exact) mass is 526 g/mol. The number of halogens is 1. The van der Waals surface area contributed by atoms with Crippen LogP contribution < -0.4 is 25.6 Å². The highest BCUT2D eigenvalue weighted by atomic mass is 79.9. The second-order valence-corrected chi connectivity index (χ2v) is 7.30. The molecule has 0 spiro atoms. The molecule has 170 valence electrons. The first kappa shape index (κ1) is 25.0. The normalized spacial score (nSPS) is 10.1. The Kier molecular flexibility index (Phi) is 9.78. The van der Waals surface area contributed by atoms with Crippen LogP contribution >= 0.6 is 28.1 Å². The van der Waals surface area contributed by atoms with Gasteiger partial charge in [0.2, 0.25) is 0 Å². The van der Waals surface area contributed by atoms with E-state index < -0.39 is 16.7 Å². The fraction of sp³-hybridized carbons (Fsp3) is 0.211. The van der Waals surface area contributed by atoms with Crippen LogP contribution in [0.4, 0.5) is 5.69 Å². The van der Waals surface area contributed by atoms with Gasteiger partial charge in [0.05, 0.1) is 17.1 Å². The molecule has 2 aromatic rings. The molecule has 0 radical (unpaired) electrons. The van der Waals surface area contributed by atoms with Gasteiger partial charge in [-0.25, -0.2) is 0 Å². The lowest BCUT2D eigenvalue weighted by Crippen LogP contribution is -2.49. The van der Waals surface area contributed by atoms with Crippen LogP contribution in [0, 0.1) is 10.1 Å². The number of methoxy groups -OCH3 is 1. The van der Waals surface area contributed by atoms with Crippen LogP contribution in [0.3, 0.4) is 0 Å². The number of amides is 2. The van der Waals surface area contributed by atoms with Crippen LogP contribution in [-0.2, 0) is 9.53 Å². The number of carbonyl (C=O) groups is 2. The first-order chi connectivity index (χ1) is 15.3. The fourth-order valence-corrected chi connectivity index (χ4v) is 2.72. The van der Waals surface area contributed by atoms with E-state index in [-0.39, 0.29) is 35.3 Å². The Bertz CT molecular complexity index is 988. The van der Waals surface area contributed by atoms with Gasteiger partial charge in [0.1, 0.15) is 18.1 Å². The highest BCUT2D eigenvalue weighted by Crippen LogP contribution is 2.23. The summed E-state index contributed by atoms with van der Waals surface area (Å²) in [5.41, 5.74) is 4.79. The van der Waals surface area contributed by atoms with Crippen molar-refractivity contribution in [3.63, 3.8) is 0 Å². The minimum atomic E-state index is -0.592. The van der Waals surface area contributed by atoms with Crippen molar-refractivity contribution in [1.82, 2.24) is 16.2 Å². The molecule has 32 heavy (non-hydrogen) atoms. The van der Waals surface area contributed by atoms with Crippen molar-refractivity contribution >= 4 is 50.8 Å². The lowest BCUT2D eigenvalue weighted by molar-refractivity contribution is -0.384. The van der Waals surface area contributed by atoms with Crippen LogP contribution in [0.25, 0.3) is 0 Å². The van der Waals surface area contributed by atoms with Gasteiger partial charge in [0.15, 0.2) is 11.7 Å². The van der Waals surface area contributed by atoms with Crippen molar-refractivity contribution in [2.45, 2.75) is 0 Å². The maximum absolute atomic E-state index is 12.5. The third-order valence-electron chi connectivity index (χ3n) is 3.69. The Morgan fingerprint density at radius 3 is 2.47 bits per heavy atom. The number of non-ortho nitro benzene ring substituents is 1. The van der Waals surface area contributed by atoms with Gasteiger partial charge in [-0.1, -0.05) is 15.9 Å². The molecule has 2 amide bonds. The molecule has 0 aliphatic carbocycles. The van der Waals surface area contributed by atoms with Crippen LogP contribution in [0.5, 0.6) is 11.5 Å². The summed E-state index contributed by atoms with van der Waals surface area (Å²) in [6.45, 7) is 0.224. The molecule has 0 saturated carbocycles. The van der Waals surface area contributed by atoms with Gasteiger partial charge in [-0.2, -0.15) is 0 Å². The number of rotatable bonds is 9. The van der Waals surface area contributed by atoms with Crippen molar-refractivity contribution in [3.8, 4) is 11.5 Å². The number of hydrogen-bond acceptors (Lipinski definition) is 8. The van der Waals surface area contributed by atoms with Gasteiger partial charge < -0.3 is 14.2 Å². The first-order valence-electron chi connectivity index (χ1n) is 8.99. The number of nitrogens with one attached hydrogen (secondary N) is 3. The lowest BCUT2D eigenvalue weighted by Gasteiger charge is -2.14. The van der Waals surface area contributed by atoms with Gasteiger partial charge in [-0.05, 0) is 42.5 Å². The number of nitro groups is 1. The first-order valence-corrected chi connectivity index (χ1v) is 10.2. The van der Waals surface area contributed by atoms with E-state index in [0.717, 1.165) is 0 Å². The minimum Gasteiger partial charge on any atom is -0.490 e. The van der Waals surface area contributed by atoms with E-state index in [4.69, 9.17) is 26.4 Å². The number of thiocarbonyl (C=S) groups is 1. The summed E-state index contributed by atoms with van der Waals surface area (Å²) in [5.74, 6) is -0.526. The molecule has 2 rings (SSSR count). The third kappa shape index (κ3) is 8.09. The molecule has 0 aliphatic heterocycles. The summed E-state index contributed by atoms with van der Waals surface area (Å²) < 4.78 is 16.3. The Morgan fingerprint density at radius 1 is 1.09 bits per heavy atom. The third-order valence-corrected chi connectivity index (χ3v) is 4.39. The summed E-state index contributed by atoms with van der Waals surface area (Å²) in [5, 5.41) is 12.9. The number of hydrogen-bond donors (Lipinski definition) is 3. The zero-order chi connectivity index (χ0) is 23.5. The number of ether oxygens (including phenoxy) is 3. The summed E-state index contributed by atoms with van der Waals surface area (Å²) in [7, 11) is 1.54. The van der Waals surface area contributed by atoms with E-state index in [1.54, 1.807) is 18.2 Å². The molecule has 0 fully saturated rings. The van der Waals surface area contributed by atoms with Crippen molar-refractivity contribution in [2.75, 3.05) is 26.9 Å². The van der Waals surface area contributed by atoms with Gasteiger partial charge in [0.25, 0.3) is 17.5 Å². The average Bonchev–Trinajstić information content (AvgIpc) is 2.77. The quantitative estimate of drug-likeness (QED) is 0.194. The van der Waals surface area contributed by atoms with Gasteiger partial charge >= 0.3 is 0 Å². The van der Waals surface area contributed by atoms with Crippen molar-refractivity contribution in [3.05, 3.63) is 62.6 Å². The predicted molar refractivity (Wildman–Crippen MR) is 121 cm³/mol. The van der Waals surface area contributed by atoms with Crippen molar-refractivity contribution in [2.24, 2.45) is 0 Å². The van der Waals surface area contributed by atoms with E-state index >= 15 is 0 Å². The van der Waals surface area contributed by atoms with Crippen molar-refractivity contribution < 1.29 is 28.7 Å². The minimum absolute atomic E-state index is 0.0951. The molecule has 3 N–H and O–H groups in total. The second-order valence-electron chi connectivity index (χ2n) is 5.98.